The van der Waals surface area contributed by atoms with E-state index in [1.165, 1.54) is 12.0 Å². The molecule has 1 aromatic carbocycles. The first kappa shape index (κ1) is 8.09. The molecule has 0 amide bonds. The topological polar surface area (TPSA) is 26.0 Å². The lowest BCUT2D eigenvalue weighted by molar-refractivity contribution is 0.786. The maximum Gasteiger partial charge on any atom is 0.0408 e. The lowest BCUT2D eigenvalue weighted by atomic mass is 10.1. The van der Waals surface area contributed by atoms with Crippen molar-refractivity contribution in [3.05, 3.63) is 34.9 Å². The molecule has 0 bridgehead atoms. The number of halogens is 1. The molecule has 0 spiro atoms. The molecule has 2 unspecified atom stereocenters. The Morgan fingerprint density at radius 3 is 2.83 bits per heavy atom. The van der Waals surface area contributed by atoms with Crippen LogP contribution in [0.15, 0.2) is 24.3 Å². The molecular formula is C10H12ClN. The van der Waals surface area contributed by atoms with E-state index in [0.29, 0.717) is 12.0 Å². The van der Waals surface area contributed by atoms with Crippen LogP contribution in [0.2, 0.25) is 5.02 Å². The quantitative estimate of drug-likeness (QED) is 0.744. The van der Waals surface area contributed by atoms with Gasteiger partial charge in [-0.1, -0.05) is 23.7 Å². The van der Waals surface area contributed by atoms with Gasteiger partial charge in [0, 0.05) is 11.1 Å². The molecule has 0 heterocycles. The summed E-state index contributed by atoms with van der Waals surface area (Å²) in [6, 6.07) is 8.46. The fourth-order valence-corrected chi connectivity index (χ4v) is 1.69. The van der Waals surface area contributed by atoms with Crippen LogP contribution in [0, 0.1) is 5.92 Å². The van der Waals surface area contributed by atoms with E-state index in [4.69, 9.17) is 17.3 Å². The lowest BCUT2D eigenvalue weighted by Crippen LogP contribution is -2.03. The van der Waals surface area contributed by atoms with Gasteiger partial charge in [-0.25, -0.2) is 0 Å². The van der Waals surface area contributed by atoms with E-state index in [0.717, 1.165) is 11.4 Å². The lowest BCUT2D eigenvalue weighted by Gasteiger charge is -1.99. The van der Waals surface area contributed by atoms with Gasteiger partial charge in [0.1, 0.15) is 0 Å². The van der Waals surface area contributed by atoms with Gasteiger partial charge in [-0.3, -0.25) is 0 Å². The predicted molar refractivity (Wildman–Crippen MR) is 51.2 cm³/mol. The first-order valence-electron chi connectivity index (χ1n) is 4.26. The highest BCUT2D eigenvalue weighted by Gasteiger charge is 2.32. The smallest absolute Gasteiger partial charge is 0.0408 e. The molecule has 1 nitrogen and oxygen atoms in total. The molecule has 2 rings (SSSR count). The van der Waals surface area contributed by atoms with Crippen LogP contribution < -0.4 is 5.73 Å². The zero-order chi connectivity index (χ0) is 8.55. The van der Waals surface area contributed by atoms with Crippen molar-refractivity contribution < 1.29 is 0 Å². The minimum absolute atomic E-state index is 0.434. The maximum absolute atomic E-state index is 5.85. The molecule has 1 saturated carbocycles. The summed E-state index contributed by atoms with van der Waals surface area (Å²) in [5, 5.41) is 0.821. The summed E-state index contributed by atoms with van der Waals surface area (Å²) in [7, 11) is 0. The van der Waals surface area contributed by atoms with E-state index >= 15 is 0 Å². The molecule has 0 radical (unpaired) electrons. The van der Waals surface area contributed by atoms with Gasteiger partial charge in [-0.05, 0) is 36.5 Å². The highest BCUT2D eigenvalue weighted by molar-refractivity contribution is 6.30. The molecule has 64 valence electrons. The van der Waals surface area contributed by atoms with Gasteiger partial charge in [-0.2, -0.15) is 0 Å². The summed E-state index contributed by atoms with van der Waals surface area (Å²) in [5.74, 6) is 0.698. The maximum atomic E-state index is 5.85. The largest absolute Gasteiger partial charge is 0.327 e. The Morgan fingerprint density at radius 2 is 2.25 bits per heavy atom. The van der Waals surface area contributed by atoms with E-state index in [1.54, 1.807) is 0 Å². The summed E-state index contributed by atoms with van der Waals surface area (Å²) in [6.07, 6.45) is 2.26. The van der Waals surface area contributed by atoms with E-state index in [1.807, 2.05) is 18.2 Å². The van der Waals surface area contributed by atoms with Crippen molar-refractivity contribution >= 4 is 11.6 Å². The van der Waals surface area contributed by atoms with Crippen molar-refractivity contribution in [1.29, 1.82) is 0 Å². The van der Waals surface area contributed by atoms with E-state index in [-0.39, 0.29) is 0 Å². The number of rotatable bonds is 2. The molecule has 0 aliphatic heterocycles. The van der Waals surface area contributed by atoms with Crippen LogP contribution in [0.4, 0.5) is 0 Å². The average molecular weight is 182 g/mol. The summed E-state index contributed by atoms with van der Waals surface area (Å²) in [5.41, 5.74) is 7.03. The first-order chi connectivity index (χ1) is 5.75. The van der Waals surface area contributed by atoms with Crippen molar-refractivity contribution in [2.24, 2.45) is 11.7 Å². The Balaban J connectivity index is 2.03. The highest BCUT2D eigenvalue weighted by Crippen LogP contribution is 2.31. The predicted octanol–water partition coefficient (Wildman–Crippen LogP) is 2.23. The SMILES string of the molecule is NC1CC1Cc1cccc(Cl)c1. The second-order valence-corrected chi connectivity index (χ2v) is 3.93. The minimum Gasteiger partial charge on any atom is -0.327 e. The summed E-state index contributed by atoms with van der Waals surface area (Å²) >= 11 is 5.85. The molecular weight excluding hydrogens is 170 g/mol. The standard InChI is InChI=1S/C10H12ClN/c11-9-3-1-2-7(5-9)4-8-6-10(8)12/h1-3,5,8,10H,4,6,12H2. The number of nitrogens with two attached hydrogens (primary N) is 1. The molecule has 2 N–H and O–H groups in total. The molecule has 2 heteroatoms. The molecule has 1 aliphatic rings. The van der Waals surface area contributed by atoms with Gasteiger partial charge >= 0.3 is 0 Å². The normalized spacial score (nSPS) is 27.2. The molecule has 0 aromatic heterocycles. The number of benzene rings is 1. The fourth-order valence-electron chi connectivity index (χ4n) is 1.47. The Labute approximate surface area is 77.5 Å². The van der Waals surface area contributed by atoms with Crippen LogP contribution in [-0.2, 0) is 6.42 Å². The van der Waals surface area contributed by atoms with Crippen LogP contribution in [0.1, 0.15) is 12.0 Å². The second-order valence-electron chi connectivity index (χ2n) is 3.49. The third kappa shape index (κ3) is 1.79. The molecule has 1 aromatic rings. The minimum atomic E-state index is 0.434. The molecule has 1 aliphatic carbocycles. The molecule has 12 heavy (non-hydrogen) atoms. The van der Waals surface area contributed by atoms with Crippen molar-refractivity contribution in [1.82, 2.24) is 0 Å². The van der Waals surface area contributed by atoms with Crippen LogP contribution in [0.25, 0.3) is 0 Å². The van der Waals surface area contributed by atoms with Crippen molar-refractivity contribution in [2.45, 2.75) is 18.9 Å². The van der Waals surface area contributed by atoms with E-state index < -0.39 is 0 Å². The summed E-state index contributed by atoms with van der Waals surface area (Å²) < 4.78 is 0. The highest BCUT2D eigenvalue weighted by atomic mass is 35.5. The monoisotopic (exact) mass is 181 g/mol. The van der Waals surface area contributed by atoms with Crippen molar-refractivity contribution in [2.75, 3.05) is 0 Å². The Kier molecular flexibility index (Phi) is 2.07. The third-order valence-corrected chi connectivity index (χ3v) is 2.60. The first-order valence-corrected chi connectivity index (χ1v) is 4.63. The number of hydrogen-bond donors (Lipinski definition) is 1. The Bertz CT molecular complexity index is 285. The van der Waals surface area contributed by atoms with Crippen molar-refractivity contribution in [3.8, 4) is 0 Å². The zero-order valence-electron chi connectivity index (χ0n) is 6.83. The van der Waals surface area contributed by atoms with Crippen LogP contribution in [0.5, 0.6) is 0 Å². The van der Waals surface area contributed by atoms with E-state index in [2.05, 4.69) is 6.07 Å². The van der Waals surface area contributed by atoms with Gasteiger partial charge in [-0.15, -0.1) is 0 Å². The van der Waals surface area contributed by atoms with Gasteiger partial charge in [0.15, 0.2) is 0 Å². The van der Waals surface area contributed by atoms with Crippen molar-refractivity contribution in [3.63, 3.8) is 0 Å². The Hall–Kier alpha value is -0.530. The van der Waals surface area contributed by atoms with Crippen LogP contribution >= 0.6 is 11.6 Å². The van der Waals surface area contributed by atoms with Crippen LogP contribution in [-0.4, -0.2) is 6.04 Å². The molecule has 0 saturated heterocycles. The van der Waals surface area contributed by atoms with Gasteiger partial charge in [0.25, 0.3) is 0 Å². The van der Waals surface area contributed by atoms with Gasteiger partial charge < -0.3 is 5.73 Å². The average Bonchev–Trinajstić information content (AvgIpc) is 2.66. The van der Waals surface area contributed by atoms with E-state index in [9.17, 15) is 0 Å². The second kappa shape index (κ2) is 3.08. The van der Waals surface area contributed by atoms with Gasteiger partial charge in [0.05, 0.1) is 0 Å². The number of hydrogen-bond acceptors (Lipinski definition) is 1. The molecule has 2 atom stereocenters. The summed E-state index contributed by atoms with van der Waals surface area (Å²) in [6.45, 7) is 0. The zero-order valence-corrected chi connectivity index (χ0v) is 7.59. The Morgan fingerprint density at radius 1 is 1.50 bits per heavy atom. The van der Waals surface area contributed by atoms with Crippen LogP contribution in [0.3, 0.4) is 0 Å². The fraction of sp³-hybridized carbons (Fsp3) is 0.400. The third-order valence-electron chi connectivity index (χ3n) is 2.36. The van der Waals surface area contributed by atoms with Gasteiger partial charge in [0.2, 0.25) is 0 Å². The molecule has 1 fully saturated rings. The summed E-state index contributed by atoms with van der Waals surface area (Å²) in [4.78, 5) is 0.